The van der Waals surface area contributed by atoms with Crippen LogP contribution in [0, 0.1) is 12.3 Å². The molecule has 0 aliphatic rings. The Bertz CT molecular complexity index is 414. The Morgan fingerprint density at radius 1 is 1.50 bits per heavy atom. The van der Waals surface area contributed by atoms with Crippen molar-refractivity contribution in [1.82, 2.24) is 10.3 Å². The molecule has 0 radical (unpaired) electrons. The molecule has 4 nitrogen and oxygen atoms in total. The van der Waals surface area contributed by atoms with Crippen molar-refractivity contribution in [3.63, 3.8) is 0 Å². The van der Waals surface area contributed by atoms with Crippen molar-refractivity contribution in [3.05, 3.63) is 29.6 Å². The lowest BCUT2D eigenvalue weighted by Crippen LogP contribution is -2.35. The van der Waals surface area contributed by atoms with Crippen LogP contribution in [0.1, 0.15) is 43.1 Å². The molecule has 0 bridgehead atoms. The largest absolute Gasteiger partial charge is 0.393 e. The molecule has 0 saturated heterocycles. The van der Waals surface area contributed by atoms with Crippen LogP contribution < -0.4 is 5.32 Å². The van der Waals surface area contributed by atoms with Gasteiger partial charge in [-0.2, -0.15) is 0 Å². The summed E-state index contributed by atoms with van der Waals surface area (Å²) < 4.78 is 0. The zero-order valence-electron chi connectivity index (χ0n) is 11.5. The Morgan fingerprint density at radius 3 is 2.72 bits per heavy atom. The van der Waals surface area contributed by atoms with Crippen LogP contribution >= 0.6 is 0 Å². The lowest BCUT2D eigenvalue weighted by atomic mass is 9.87. The second-order valence-electron chi connectivity index (χ2n) is 5.65. The van der Waals surface area contributed by atoms with E-state index < -0.39 is 0 Å². The van der Waals surface area contributed by atoms with Gasteiger partial charge in [0.15, 0.2) is 0 Å². The molecule has 1 rings (SSSR count). The Hall–Kier alpha value is -1.42. The predicted molar refractivity (Wildman–Crippen MR) is 71.4 cm³/mol. The number of aliphatic hydroxyl groups excluding tert-OH is 1. The molecular formula is C14H22N2O2. The van der Waals surface area contributed by atoms with E-state index in [1.54, 1.807) is 19.3 Å². The van der Waals surface area contributed by atoms with Crippen molar-refractivity contribution in [3.8, 4) is 0 Å². The summed E-state index contributed by atoms with van der Waals surface area (Å²) >= 11 is 0. The third kappa shape index (κ3) is 4.84. The van der Waals surface area contributed by atoms with Gasteiger partial charge in [-0.25, -0.2) is 0 Å². The van der Waals surface area contributed by atoms with Crippen molar-refractivity contribution in [2.75, 3.05) is 6.54 Å². The molecular weight excluding hydrogens is 228 g/mol. The maximum absolute atomic E-state index is 11.9. The van der Waals surface area contributed by atoms with Crippen molar-refractivity contribution in [2.24, 2.45) is 5.41 Å². The van der Waals surface area contributed by atoms with Crippen LogP contribution in [0.5, 0.6) is 0 Å². The SMILES string of the molecule is Cc1cncc(C(=O)NCC(C)(C)CC(C)O)c1. The minimum absolute atomic E-state index is 0.120. The van der Waals surface area contributed by atoms with E-state index in [-0.39, 0.29) is 17.4 Å². The van der Waals surface area contributed by atoms with Gasteiger partial charge in [-0.3, -0.25) is 9.78 Å². The molecule has 2 N–H and O–H groups in total. The first-order valence-electron chi connectivity index (χ1n) is 6.18. The smallest absolute Gasteiger partial charge is 0.252 e. The number of rotatable bonds is 5. The molecule has 1 atom stereocenters. The molecule has 0 spiro atoms. The lowest BCUT2D eigenvalue weighted by Gasteiger charge is -2.26. The molecule has 0 saturated carbocycles. The number of amides is 1. The van der Waals surface area contributed by atoms with Gasteiger partial charge < -0.3 is 10.4 Å². The van der Waals surface area contributed by atoms with Gasteiger partial charge in [0.05, 0.1) is 11.7 Å². The number of hydrogen-bond donors (Lipinski definition) is 2. The van der Waals surface area contributed by atoms with E-state index in [0.29, 0.717) is 18.5 Å². The molecule has 100 valence electrons. The third-order valence-electron chi connectivity index (χ3n) is 2.71. The number of aryl methyl sites for hydroxylation is 1. The highest BCUT2D eigenvalue weighted by atomic mass is 16.3. The quantitative estimate of drug-likeness (QED) is 0.839. The Labute approximate surface area is 108 Å². The van der Waals surface area contributed by atoms with Gasteiger partial charge in [0.25, 0.3) is 5.91 Å². The van der Waals surface area contributed by atoms with Crippen LogP contribution in [0.3, 0.4) is 0 Å². The highest BCUT2D eigenvalue weighted by Crippen LogP contribution is 2.21. The average molecular weight is 250 g/mol. The first kappa shape index (κ1) is 14.6. The van der Waals surface area contributed by atoms with Crippen molar-refractivity contribution < 1.29 is 9.90 Å². The minimum atomic E-state index is -0.363. The first-order chi connectivity index (χ1) is 8.30. The summed E-state index contributed by atoms with van der Waals surface area (Å²) in [6.45, 7) is 8.24. The zero-order chi connectivity index (χ0) is 13.8. The summed E-state index contributed by atoms with van der Waals surface area (Å²) in [5.74, 6) is -0.120. The molecule has 18 heavy (non-hydrogen) atoms. The predicted octanol–water partition coefficient (Wildman–Crippen LogP) is 1.92. The molecule has 0 aliphatic heterocycles. The number of carbonyl (C=O) groups excluding carboxylic acids is 1. The Morgan fingerprint density at radius 2 is 2.17 bits per heavy atom. The number of hydrogen-bond acceptors (Lipinski definition) is 3. The Kier molecular flexibility index (Phi) is 4.84. The summed E-state index contributed by atoms with van der Waals surface area (Å²) in [5, 5.41) is 12.3. The van der Waals surface area contributed by atoms with Gasteiger partial charge in [0, 0.05) is 18.9 Å². The van der Waals surface area contributed by atoms with Gasteiger partial charge in [-0.1, -0.05) is 13.8 Å². The summed E-state index contributed by atoms with van der Waals surface area (Å²) in [6, 6.07) is 1.81. The monoisotopic (exact) mass is 250 g/mol. The molecule has 1 unspecified atom stereocenters. The first-order valence-corrected chi connectivity index (χ1v) is 6.18. The van der Waals surface area contributed by atoms with Crippen LogP contribution in [-0.4, -0.2) is 28.6 Å². The van der Waals surface area contributed by atoms with E-state index in [1.165, 1.54) is 0 Å². The number of aliphatic hydroxyl groups is 1. The number of pyridine rings is 1. The van der Waals surface area contributed by atoms with Gasteiger partial charge in [0.1, 0.15) is 0 Å². The van der Waals surface area contributed by atoms with Crippen LogP contribution in [0.25, 0.3) is 0 Å². The molecule has 0 fully saturated rings. The average Bonchev–Trinajstić information content (AvgIpc) is 2.24. The van der Waals surface area contributed by atoms with E-state index in [9.17, 15) is 9.90 Å². The molecule has 0 aliphatic carbocycles. The summed E-state index contributed by atoms with van der Waals surface area (Å²) in [7, 11) is 0. The van der Waals surface area contributed by atoms with Crippen molar-refractivity contribution in [2.45, 2.75) is 40.2 Å². The molecule has 1 aromatic rings. The number of nitrogens with zero attached hydrogens (tertiary/aromatic N) is 1. The fraction of sp³-hybridized carbons (Fsp3) is 0.571. The minimum Gasteiger partial charge on any atom is -0.393 e. The highest BCUT2D eigenvalue weighted by molar-refractivity contribution is 5.94. The fourth-order valence-corrected chi connectivity index (χ4v) is 1.97. The van der Waals surface area contributed by atoms with Crippen LogP contribution in [0.2, 0.25) is 0 Å². The van der Waals surface area contributed by atoms with E-state index in [2.05, 4.69) is 10.3 Å². The second-order valence-corrected chi connectivity index (χ2v) is 5.65. The maximum atomic E-state index is 11.9. The van der Waals surface area contributed by atoms with Crippen LogP contribution in [-0.2, 0) is 0 Å². The van der Waals surface area contributed by atoms with Gasteiger partial charge >= 0.3 is 0 Å². The van der Waals surface area contributed by atoms with E-state index >= 15 is 0 Å². The van der Waals surface area contributed by atoms with Crippen LogP contribution in [0.15, 0.2) is 18.5 Å². The van der Waals surface area contributed by atoms with Gasteiger partial charge in [0.2, 0.25) is 0 Å². The molecule has 4 heteroatoms. The standard InChI is InChI=1S/C14H22N2O2/c1-10-5-12(8-15-7-10)13(18)16-9-14(3,4)6-11(2)17/h5,7-8,11,17H,6,9H2,1-4H3,(H,16,18). The number of carbonyl (C=O) groups is 1. The topological polar surface area (TPSA) is 62.2 Å². The van der Waals surface area contributed by atoms with Crippen LogP contribution in [0.4, 0.5) is 0 Å². The van der Waals surface area contributed by atoms with E-state index in [0.717, 1.165) is 5.56 Å². The molecule has 0 aromatic carbocycles. The normalized spacial score (nSPS) is 13.2. The lowest BCUT2D eigenvalue weighted by molar-refractivity contribution is 0.0901. The van der Waals surface area contributed by atoms with E-state index in [4.69, 9.17) is 0 Å². The summed E-state index contributed by atoms with van der Waals surface area (Å²) in [4.78, 5) is 15.9. The van der Waals surface area contributed by atoms with Gasteiger partial charge in [-0.05, 0) is 37.3 Å². The molecule has 1 amide bonds. The van der Waals surface area contributed by atoms with E-state index in [1.807, 2.05) is 26.8 Å². The number of aromatic nitrogens is 1. The van der Waals surface area contributed by atoms with Crippen molar-refractivity contribution in [1.29, 1.82) is 0 Å². The summed E-state index contributed by atoms with van der Waals surface area (Å²) in [5.41, 5.74) is 1.41. The fourth-order valence-electron chi connectivity index (χ4n) is 1.97. The highest BCUT2D eigenvalue weighted by Gasteiger charge is 2.21. The maximum Gasteiger partial charge on any atom is 0.252 e. The molecule has 1 aromatic heterocycles. The number of nitrogens with one attached hydrogen (secondary N) is 1. The van der Waals surface area contributed by atoms with Gasteiger partial charge in [-0.15, -0.1) is 0 Å². The zero-order valence-corrected chi connectivity index (χ0v) is 11.5. The summed E-state index contributed by atoms with van der Waals surface area (Å²) in [6.07, 6.45) is 3.56. The third-order valence-corrected chi connectivity index (χ3v) is 2.71. The van der Waals surface area contributed by atoms with Crippen molar-refractivity contribution >= 4 is 5.91 Å². The Balaban J connectivity index is 2.56. The second kappa shape index (κ2) is 5.96. The molecule has 1 heterocycles.